The Bertz CT molecular complexity index is 894. The van der Waals surface area contributed by atoms with Crippen LogP contribution in [-0.4, -0.2) is 55.7 Å². The molecule has 0 aliphatic carbocycles. The van der Waals surface area contributed by atoms with Crippen molar-refractivity contribution in [3.8, 4) is 11.5 Å². The molecule has 0 bridgehead atoms. The van der Waals surface area contributed by atoms with Gasteiger partial charge in [0.1, 0.15) is 12.7 Å². The molecule has 2 aromatic rings. The minimum absolute atomic E-state index is 0.152. The minimum Gasteiger partial charge on any atom is -0.486 e. The van der Waals surface area contributed by atoms with Crippen molar-refractivity contribution in [3.05, 3.63) is 54.1 Å². The number of nitrogens with one attached hydrogen (secondary N) is 1. The molecule has 4 rings (SSSR count). The van der Waals surface area contributed by atoms with Crippen LogP contribution < -0.4 is 14.8 Å². The molecule has 0 aromatic heterocycles. The molecule has 7 nitrogen and oxygen atoms in total. The predicted octanol–water partition coefficient (Wildman–Crippen LogP) is 2.72. The summed E-state index contributed by atoms with van der Waals surface area (Å²) in [4.78, 5) is 26.7. The zero-order valence-corrected chi connectivity index (χ0v) is 16.3. The summed E-state index contributed by atoms with van der Waals surface area (Å²) in [6, 6.07) is 14.4. The van der Waals surface area contributed by atoms with Gasteiger partial charge >= 0.3 is 0 Å². The summed E-state index contributed by atoms with van der Waals surface area (Å²) >= 11 is 0. The van der Waals surface area contributed by atoms with Gasteiger partial charge in [-0.3, -0.25) is 9.59 Å². The molecule has 0 spiro atoms. The Hall–Kier alpha value is -3.06. The molecule has 1 N–H and O–H groups in total. The first-order valence-corrected chi connectivity index (χ1v) is 9.76. The molecule has 0 unspecified atom stereocenters. The van der Waals surface area contributed by atoms with Gasteiger partial charge in [0.05, 0.1) is 6.54 Å². The fourth-order valence-corrected chi connectivity index (χ4v) is 3.50. The number of rotatable bonds is 5. The number of hydrogen-bond donors (Lipinski definition) is 1. The van der Waals surface area contributed by atoms with Crippen LogP contribution in [0.2, 0.25) is 0 Å². The number of fused-ring (bicyclic) bond motifs is 1. The maximum absolute atomic E-state index is 12.9. The zero-order chi connectivity index (χ0) is 20.2. The van der Waals surface area contributed by atoms with Gasteiger partial charge in [-0.05, 0) is 43.2 Å². The fraction of sp³-hybridized carbons (Fsp3) is 0.364. The van der Waals surface area contributed by atoms with Gasteiger partial charge in [0.2, 0.25) is 0 Å². The highest BCUT2D eigenvalue weighted by atomic mass is 16.6. The third kappa shape index (κ3) is 4.51. The van der Waals surface area contributed by atoms with E-state index in [2.05, 4.69) is 5.32 Å². The van der Waals surface area contributed by atoms with Gasteiger partial charge in [-0.2, -0.15) is 0 Å². The second kappa shape index (κ2) is 8.53. The molecule has 1 saturated heterocycles. The van der Waals surface area contributed by atoms with Crippen LogP contribution in [0, 0.1) is 0 Å². The fourth-order valence-electron chi connectivity index (χ4n) is 3.50. The number of carbonyl (C=O) groups is 2. The van der Waals surface area contributed by atoms with Crippen LogP contribution in [-0.2, 0) is 9.53 Å². The van der Waals surface area contributed by atoms with E-state index in [0.29, 0.717) is 42.5 Å². The van der Waals surface area contributed by atoms with Crippen LogP contribution in [0.1, 0.15) is 23.2 Å². The lowest BCUT2D eigenvalue weighted by atomic mass is 10.1. The number of amides is 2. The van der Waals surface area contributed by atoms with E-state index in [9.17, 15) is 9.59 Å². The van der Waals surface area contributed by atoms with Crippen LogP contribution in [0.5, 0.6) is 11.5 Å². The number of ether oxygens (including phenoxy) is 3. The second-order valence-electron chi connectivity index (χ2n) is 7.25. The van der Waals surface area contributed by atoms with Crippen LogP contribution in [0.3, 0.4) is 0 Å². The van der Waals surface area contributed by atoms with E-state index in [0.717, 1.165) is 12.8 Å². The van der Waals surface area contributed by atoms with E-state index < -0.39 is 6.10 Å². The Morgan fingerprint density at radius 3 is 2.76 bits per heavy atom. The predicted molar refractivity (Wildman–Crippen MR) is 107 cm³/mol. The topological polar surface area (TPSA) is 77.1 Å². The number of likely N-dealkylation sites (N-methyl/N-ethyl adjacent to an activating group) is 1. The molecule has 2 aliphatic rings. The molecule has 2 amide bonds. The average Bonchev–Trinajstić information content (AvgIpc) is 3.28. The Labute approximate surface area is 169 Å². The SMILES string of the molecule is CN(C[C@@H]1COc2ccccc2O1)C(=O)c1cccc(NC(=O)[C@H]2CCCO2)c1. The molecular weight excluding hydrogens is 372 g/mol. The van der Waals surface area contributed by atoms with Crippen molar-refractivity contribution < 1.29 is 23.8 Å². The van der Waals surface area contributed by atoms with Crippen LogP contribution in [0.25, 0.3) is 0 Å². The summed E-state index contributed by atoms with van der Waals surface area (Å²) in [7, 11) is 1.73. The van der Waals surface area contributed by atoms with Crippen LogP contribution in [0.15, 0.2) is 48.5 Å². The molecule has 2 heterocycles. The minimum atomic E-state index is -0.414. The van der Waals surface area contributed by atoms with Gasteiger partial charge in [0.15, 0.2) is 17.6 Å². The Kier molecular flexibility index (Phi) is 5.67. The Balaban J connectivity index is 1.37. The highest BCUT2D eigenvalue weighted by molar-refractivity contribution is 5.98. The van der Waals surface area contributed by atoms with E-state index in [1.807, 2.05) is 24.3 Å². The average molecular weight is 396 g/mol. The number of anilines is 1. The zero-order valence-electron chi connectivity index (χ0n) is 16.3. The number of nitrogens with zero attached hydrogens (tertiary/aromatic N) is 1. The summed E-state index contributed by atoms with van der Waals surface area (Å²) in [5, 5.41) is 2.83. The monoisotopic (exact) mass is 396 g/mol. The lowest BCUT2D eigenvalue weighted by Gasteiger charge is -2.29. The summed E-state index contributed by atoms with van der Waals surface area (Å²) in [5.41, 5.74) is 1.07. The molecule has 7 heteroatoms. The van der Waals surface area contributed by atoms with E-state index >= 15 is 0 Å². The second-order valence-corrected chi connectivity index (χ2v) is 7.25. The van der Waals surface area contributed by atoms with E-state index in [-0.39, 0.29) is 17.9 Å². The van der Waals surface area contributed by atoms with Crippen molar-refractivity contribution in [1.82, 2.24) is 4.90 Å². The van der Waals surface area contributed by atoms with Gasteiger partial charge in [-0.1, -0.05) is 18.2 Å². The van der Waals surface area contributed by atoms with Crippen molar-refractivity contribution in [2.24, 2.45) is 0 Å². The lowest BCUT2D eigenvalue weighted by molar-refractivity contribution is -0.124. The van der Waals surface area contributed by atoms with E-state index in [1.54, 1.807) is 36.2 Å². The summed E-state index contributed by atoms with van der Waals surface area (Å²) < 4.78 is 17.0. The Morgan fingerprint density at radius 1 is 1.14 bits per heavy atom. The summed E-state index contributed by atoms with van der Waals surface area (Å²) in [6.45, 7) is 1.38. The molecule has 1 fully saturated rings. The molecule has 2 aromatic carbocycles. The first-order chi connectivity index (χ1) is 14.1. The lowest BCUT2D eigenvalue weighted by Crippen LogP contribution is -2.41. The Morgan fingerprint density at radius 2 is 1.97 bits per heavy atom. The highest BCUT2D eigenvalue weighted by Crippen LogP contribution is 2.31. The van der Waals surface area contributed by atoms with Crippen molar-refractivity contribution in [1.29, 1.82) is 0 Å². The van der Waals surface area contributed by atoms with Crippen molar-refractivity contribution >= 4 is 17.5 Å². The third-order valence-corrected chi connectivity index (χ3v) is 4.99. The quantitative estimate of drug-likeness (QED) is 0.841. The maximum Gasteiger partial charge on any atom is 0.253 e. The van der Waals surface area contributed by atoms with Gasteiger partial charge in [0.25, 0.3) is 11.8 Å². The van der Waals surface area contributed by atoms with Crippen molar-refractivity contribution in [3.63, 3.8) is 0 Å². The molecule has 0 saturated carbocycles. The first-order valence-electron chi connectivity index (χ1n) is 9.76. The number of para-hydroxylation sites is 2. The largest absolute Gasteiger partial charge is 0.486 e. The number of carbonyl (C=O) groups excluding carboxylic acids is 2. The van der Waals surface area contributed by atoms with Gasteiger partial charge < -0.3 is 24.4 Å². The normalized spacial score (nSPS) is 20.2. The summed E-state index contributed by atoms with van der Waals surface area (Å²) in [6.07, 6.45) is 0.947. The first kappa shape index (κ1) is 19.3. The number of hydrogen-bond acceptors (Lipinski definition) is 5. The van der Waals surface area contributed by atoms with Crippen molar-refractivity contribution in [2.45, 2.75) is 25.0 Å². The van der Waals surface area contributed by atoms with Gasteiger partial charge in [0, 0.05) is 24.9 Å². The van der Waals surface area contributed by atoms with E-state index in [1.165, 1.54) is 0 Å². The van der Waals surface area contributed by atoms with Gasteiger partial charge in [-0.15, -0.1) is 0 Å². The molecule has 2 atom stereocenters. The maximum atomic E-state index is 12.9. The van der Waals surface area contributed by atoms with E-state index in [4.69, 9.17) is 14.2 Å². The highest BCUT2D eigenvalue weighted by Gasteiger charge is 2.25. The molecule has 152 valence electrons. The van der Waals surface area contributed by atoms with Crippen LogP contribution >= 0.6 is 0 Å². The smallest absolute Gasteiger partial charge is 0.253 e. The molecule has 2 aliphatic heterocycles. The third-order valence-electron chi connectivity index (χ3n) is 4.99. The van der Waals surface area contributed by atoms with Crippen LogP contribution in [0.4, 0.5) is 5.69 Å². The molecular formula is C22H24N2O5. The summed E-state index contributed by atoms with van der Waals surface area (Å²) in [5.74, 6) is 1.07. The molecule has 29 heavy (non-hydrogen) atoms. The van der Waals surface area contributed by atoms with Crippen molar-refractivity contribution in [2.75, 3.05) is 32.1 Å². The molecule has 0 radical (unpaired) electrons. The number of benzene rings is 2. The standard InChI is InChI=1S/C22H24N2O5/c1-24(13-17-14-28-18-8-2-3-9-19(18)29-17)22(26)15-6-4-7-16(12-15)23-21(25)20-10-5-11-27-20/h2-4,6-9,12,17,20H,5,10-11,13-14H2,1H3,(H,23,25)/t17-,20-/m1/s1. The van der Waals surface area contributed by atoms with Gasteiger partial charge in [-0.25, -0.2) is 0 Å².